The van der Waals surface area contributed by atoms with E-state index in [9.17, 15) is 27.9 Å². The Morgan fingerprint density at radius 1 is 1.50 bits per heavy atom. The molecule has 16 heavy (non-hydrogen) atoms. The van der Waals surface area contributed by atoms with Crippen LogP contribution in [-0.2, 0) is 17.5 Å². The molecule has 4 nitrogen and oxygen atoms in total. The van der Waals surface area contributed by atoms with E-state index in [1.807, 2.05) is 0 Å². The summed E-state index contributed by atoms with van der Waals surface area (Å²) >= 11 is 5.26. The zero-order valence-corrected chi connectivity index (χ0v) is 8.30. The number of alkyl halides is 3. The van der Waals surface area contributed by atoms with Crippen molar-refractivity contribution in [1.29, 1.82) is 0 Å². The highest BCUT2D eigenvalue weighted by molar-refractivity contribution is 6.30. The van der Waals surface area contributed by atoms with E-state index in [2.05, 4.69) is 0 Å². The molecular formula is C8H4ClF3NO3-. The lowest BCUT2D eigenvalue weighted by atomic mass is 10.2. The van der Waals surface area contributed by atoms with Gasteiger partial charge in [0.2, 0.25) is 0 Å². The smallest absolute Gasteiger partial charge is 0.417 e. The minimum Gasteiger partial charge on any atom is -0.548 e. The Morgan fingerprint density at radius 2 is 2.06 bits per heavy atom. The number of carbonyl (C=O) groups excluding carboxylic acids is 1. The molecule has 0 N–H and O–H groups in total. The van der Waals surface area contributed by atoms with E-state index in [0.717, 1.165) is 0 Å². The first-order valence-electron chi connectivity index (χ1n) is 3.89. The molecule has 0 aromatic carbocycles. The maximum Gasteiger partial charge on any atom is 0.417 e. The molecule has 0 radical (unpaired) electrons. The summed E-state index contributed by atoms with van der Waals surface area (Å²) in [6, 6.07) is 0.440. The van der Waals surface area contributed by atoms with Crippen molar-refractivity contribution < 1.29 is 23.1 Å². The predicted octanol–water partition coefficient (Wildman–Crippen LogP) is 0.270. The molecule has 0 spiro atoms. The molecule has 0 bridgehead atoms. The van der Waals surface area contributed by atoms with Gasteiger partial charge in [0.15, 0.2) is 0 Å². The van der Waals surface area contributed by atoms with Gasteiger partial charge in [-0.1, -0.05) is 11.6 Å². The molecule has 1 rings (SSSR count). The molecule has 0 aliphatic carbocycles. The number of hydrogen-bond donors (Lipinski definition) is 0. The molecule has 1 heterocycles. The lowest BCUT2D eigenvalue weighted by molar-refractivity contribution is -0.306. The number of hydrogen-bond acceptors (Lipinski definition) is 3. The molecule has 0 saturated carbocycles. The van der Waals surface area contributed by atoms with Crippen molar-refractivity contribution in [3.05, 3.63) is 33.2 Å². The topological polar surface area (TPSA) is 62.1 Å². The van der Waals surface area contributed by atoms with Gasteiger partial charge in [0, 0.05) is 6.20 Å². The van der Waals surface area contributed by atoms with Crippen LogP contribution < -0.4 is 10.7 Å². The van der Waals surface area contributed by atoms with Crippen LogP contribution in [0.3, 0.4) is 0 Å². The van der Waals surface area contributed by atoms with Crippen LogP contribution in [0.5, 0.6) is 0 Å². The quantitative estimate of drug-likeness (QED) is 0.761. The number of carbonyl (C=O) groups is 1. The maximum absolute atomic E-state index is 12.3. The zero-order chi connectivity index (χ0) is 12.5. The van der Waals surface area contributed by atoms with E-state index in [1.54, 1.807) is 0 Å². The molecule has 0 unspecified atom stereocenters. The summed E-state index contributed by atoms with van der Waals surface area (Å²) in [4.78, 5) is 21.4. The number of aromatic nitrogens is 1. The third-order valence-electron chi connectivity index (χ3n) is 1.67. The normalized spacial score (nSPS) is 11.5. The summed E-state index contributed by atoms with van der Waals surface area (Å²) in [5, 5.41) is 9.50. The van der Waals surface area contributed by atoms with Crippen molar-refractivity contribution in [2.24, 2.45) is 0 Å². The third-order valence-corrected chi connectivity index (χ3v) is 1.94. The van der Waals surface area contributed by atoms with Crippen molar-refractivity contribution in [1.82, 2.24) is 4.57 Å². The third kappa shape index (κ3) is 2.75. The average molecular weight is 255 g/mol. The van der Waals surface area contributed by atoms with Crippen LogP contribution in [-0.4, -0.2) is 10.5 Å². The number of aliphatic carboxylic acids is 1. The van der Waals surface area contributed by atoms with Gasteiger partial charge in [-0.05, 0) is 6.07 Å². The van der Waals surface area contributed by atoms with E-state index in [1.165, 1.54) is 0 Å². The number of carboxylic acids is 1. The molecule has 0 atom stereocenters. The first-order valence-corrected chi connectivity index (χ1v) is 4.26. The zero-order valence-electron chi connectivity index (χ0n) is 7.55. The van der Waals surface area contributed by atoms with Gasteiger partial charge in [0.05, 0.1) is 18.1 Å². The lowest BCUT2D eigenvalue weighted by Crippen LogP contribution is -2.33. The van der Waals surface area contributed by atoms with E-state index in [0.29, 0.717) is 16.8 Å². The number of nitrogens with zero attached hydrogens (tertiary/aromatic N) is 1. The highest BCUT2D eigenvalue weighted by Gasteiger charge is 2.32. The molecule has 0 fully saturated rings. The summed E-state index contributed by atoms with van der Waals surface area (Å²) in [7, 11) is 0. The van der Waals surface area contributed by atoms with Gasteiger partial charge < -0.3 is 14.5 Å². The second kappa shape index (κ2) is 4.17. The fourth-order valence-electron chi connectivity index (χ4n) is 1.01. The van der Waals surface area contributed by atoms with Crippen LogP contribution >= 0.6 is 11.6 Å². The van der Waals surface area contributed by atoms with Crippen molar-refractivity contribution in [3.63, 3.8) is 0 Å². The standard InChI is InChI=1S/C8H5ClF3NO3/c9-5-1-4(8(10,11)12)2-13(7(5)16)3-6(14)15/h1-2H,3H2,(H,14,15)/p-1. The fourth-order valence-corrected chi connectivity index (χ4v) is 1.24. The Labute approximate surface area is 91.9 Å². The van der Waals surface area contributed by atoms with Gasteiger partial charge in [-0.15, -0.1) is 0 Å². The van der Waals surface area contributed by atoms with Gasteiger partial charge in [-0.2, -0.15) is 13.2 Å². The predicted molar refractivity (Wildman–Crippen MR) is 45.7 cm³/mol. The summed E-state index contributed by atoms with van der Waals surface area (Å²) in [5.74, 6) is -1.68. The van der Waals surface area contributed by atoms with Gasteiger partial charge in [0.25, 0.3) is 5.56 Å². The van der Waals surface area contributed by atoms with Gasteiger partial charge in [0.1, 0.15) is 5.02 Å². The van der Waals surface area contributed by atoms with Crippen molar-refractivity contribution in [3.8, 4) is 0 Å². The van der Waals surface area contributed by atoms with E-state index >= 15 is 0 Å². The first kappa shape index (κ1) is 12.6. The highest BCUT2D eigenvalue weighted by Crippen LogP contribution is 2.29. The van der Waals surface area contributed by atoms with Crippen molar-refractivity contribution >= 4 is 17.6 Å². The van der Waals surface area contributed by atoms with Gasteiger partial charge in [-0.3, -0.25) is 4.79 Å². The maximum atomic E-state index is 12.3. The number of halogens is 4. The molecule has 0 aliphatic heterocycles. The average Bonchev–Trinajstić information content (AvgIpc) is 2.10. The Balaban J connectivity index is 3.33. The number of carboxylic acid groups (broad SMARTS) is 1. The van der Waals surface area contributed by atoms with Crippen LogP contribution in [0.15, 0.2) is 17.1 Å². The summed E-state index contributed by atoms with van der Waals surface area (Å²) < 4.78 is 37.2. The van der Waals surface area contributed by atoms with E-state index < -0.39 is 34.8 Å². The molecule has 0 aliphatic rings. The van der Waals surface area contributed by atoms with Crippen LogP contribution in [0, 0.1) is 0 Å². The van der Waals surface area contributed by atoms with Crippen LogP contribution in [0.1, 0.15) is 5.56 Å². The second-order valence-corrected chi connectivity index (χ2v) is 3.29. The Kier molecular flexibility index (Phi) is 3.27. The minimum atomic E-state index is -4.70. The summed E-state index contributed by atoms with van der Waals surface area (Å²) in [6.45, 7) is -0.984. The largest absolute Gasteiger partial charge is 0.548 e. The SMILES string of the molecule is O=C([O-])Cn1cc(C(F)(F)F)cc(Cl)c1=O. The molecule has 0 saturated heterocycles. The number of rotatable bonds is 2. The summed E-state index contributed by atoms with van der Waals surface area (Å²) in [5.41, 5.74) is -2.21. The summed E-state index contributed by atoms with van der Waals surface area (Å²) in [6.07, 6.45) is -4.32. The van der Waals surface area contributed by atoms with Crippen molar-refractivity contribution in [2.45, 2.75) is 12.7 Å². The molecule has 88 valence electrons. The van der Waals surface area contributed by atoms with E-state index in [-0.39, 0.29) is 0 Å². The Morgan fingerprint density at radius 3 is 2.50 bits per heavy atom. The number of pyridine rings is 1. The first-order chi connectivity index (χ1) is 7.21. The lowest BCUT2D eigenvalue weighted by Gasteiger charge is -2.11. The highest BCUT2D eigenvalue weighted by atomic mass is 35.5. The van der Waals surface area contributed by atoms with Crippen LogP contribution in [0.4, 0.5) is 13.2 Å². The van der Waals surface area contributed by atoms with Gasteiger partial charge in [-0.25, -0.2) is 0 Å². The molecule has 1 aromatic rings. The molecule has 8 heteroatoms. The Hall–Kier alpha value is -1.50. The fraction of sp³-hybridized carbons (Fsp3) is 0.250. The second-order valence-electron chi connectivity index (χ2n) is 2.88. The van der Waals surface area contributed by atoms with Crippen LogP contribution in [0.25, 0.3) is 0 Å². The van der Waals surface area contributed by atoms with Crippen molar-refractivity contribution in [2.75, 3.05) is 0 Å². The van der Waals surface area contributed by atoms with Gasteiger partial charge >= 0.3 is 6.18 Å². The minimum absolute atomic E-state index is 0.334. The Bertz CT molecular complexity index is 480. The monoisotopic (exact) mass is 254 g/mol. The van der Waals surface area contributed by atoms with E-state index in [4.69, 9.17) is 11.6 Å². The molecule has 0 amide bonds. The molecular weight excluding hydrogens is 251 g/mol. The molecule has 1 aromatic heterocycles. The van der Waals surface area contributed by atoms with Crippen LogP contribution in [0.2, 0.25) is 5.02 Å².